The van der Waals surface area contributed by atoms with Crippen molar-refractivity contribution in [3.8, 4) is 0 Å². The molecular formula is C11H18N4O3. The molecule has 0 spiro atoms. The molecule has 1 aromatic rings. The highest BCUT2D eigenvalue weighted by atomic mass is 16.5. The van der Waals surface area contributed by atoms with Crippen molar-refractivity contribution in [2.24, 2.45) is 5.73 Å². The molecule has 0 fully saturated rings. The van der Waals surface area contributed by atoms with Crippen LogP contribution in [0.5, 0.6) is 0 Å². The number of pyridine rings is 1. The summed E-state index contributed by atoms with van der Waals surface area (Å²) in [5, 5.41) is 9.63. The molecule has 0 radical (unpaired) electrons. The van der Waals surface area contributed by atoms with Crippen molar-refractivity contribution in [2.75, 3.05) is 37.9 Å². The Hall–Kier alpha value is -1.86. The lowest BCUT2D eigenvalue weighted by Gasteiger charge is -2.23. The number of aliphatic hydroxyl groups is 1. The van der Waals surface area contributed by atoms with Crippen molar-refractivity contribution < 1.29 is 14.6 Å². The molecule has 1 atom stereocenters. The number of hydrogen-bond donors (Lipinski definition) is 3. The first-order valence-electron chi connectivity index (χ1n) is 5.39. The van der Waals surface area contributed by atoms with Crippen molar-refractivity contribution in [1.29, 1.82) is 0 Å². The summed E-state index contributed by atoms with van der Waals surface area (Å²) < 4.78 is 4.83. The zero-order valence-electron chi connectivity index (χ0n) is 10.5. The molecule has 0 bridgehead atoms. The SMILES string of the molecule is COCC(O)CN(C)c1ncc(N)cc1C(N)=O. The summed E-state index contributed by atoms with van der Waals surface area (Å²) in [5.74, 6) is -0.232. The van der Waals surface area contributed by atoms with Crippen LogP contribution < -0.4 is 16.4 Å². The van der Waals surface area contributed by atoms with E-state index in [2.05, 4.69) is 4.98 Å². The van der Waals surface area contributed by atoms with E-state index in [0.29, 0.717) is 11.5 Å². The van der Waals surface area contributed by atoms with Crippen LogP contribution >= 0.6 is 0 Å². The number of methoxy groups -OCH3 is 1. The fourth-order valence-electron chi connectivity index (χ4n) is 1.61. The highest BCUT2D eigenvalue weighted by Gasteiger charge is 2.16. The Kier molecular flexibility index (Phi) is 4.87. The Bertz CT molecular complexity index is 425. The molecule has 1 aromatic heterocycles. The second-order valence-electron chi connectivity index (χ2n) is 3.99. The van der Waals surface area contributed by atoms with Gasteiger partial charge in [-0.15, -0.1) is 0 Å². The van der Waals surface area contributed by atoms with Crippen molar-refractivity contribution in [3.63, 3.8) is 0 Å². The third kappa shape index (κ3) is 3.57. The molecule has 100 valence electrons. The summed E-state index contributed by atoms with van der Waals surface area (Å²) in [6, 6.07) is 1.46. The third-order valence-electron chi connectivity index (χ3n) is 2.36. The van der Waals surface area contributed by atoms with Crippen molar-refractivity contribution in [3.05, 3.63) is 17.8 Å². The molecule has 7 nitrogen and oxygen atoms in total. The Labute approximate surface area is 105 Å². The smallest absolute Gasteiger partial charge is 0.252 e. The topological polar surface area (TPSA) is 115 Å². The number of likely N-dealkylation sites (N-methyl/N-ethyl adjacent to an activating group) is 1. The summed E-state index contributed by atoms with van der Waals surface area (Å²) in [6.07, 6.45) is 0.751. The van der Waals surface area contributed by atoms with Crippen LogP contribution in [0.4, 0.5) is 11.5 Å². The monoisotopic (exact) mass is 254 g/mol. The van der Waals surface area contributed by atoms with Crippen LogP contribution in [0.1, 0.15) is 10.4 Å². The predicted molar refractivity (Wildman–Crippen MR) is 68.3 cm³/mol. The number of rotatable bonds is 6. The molecule has 1 rings (SSSR count). The van der Waals surface area contributed by atoms with Gasteiger partial charge < -0.3 is 26.2 Å². The van der Waals surface area contributed by atoms with Crippen LogP contribution in [0, 0.1) is 0 Å². The molecule has 5 N–H and O–H groups in total. The Morgan fingerprint density at radius 2 is 2.33 bits per heavy atom. The number of primary amides is 1. The number of aliphatic hydroxyl groups excluding tert-OH is 1. The molecule has 0 saturated heterocycles. The summed E-state index contributed by atoms with van der Waals surface area (Å²) in [7, 11) is 3.20. The van der Waals surface area contributed by atoms with Gasteiger partial charge in [0.2, 0.25) is 0 Å². The molecule has 0 aromatic carbocycles. The average Bonchev–Trinajstić information content (AvgIpc) is 2.28. The first-order valence-corrected chi connectivity index (χ1v) is 5.39. The second-order valence-corrected chi connectivity index (χ2v) is 3.99. The first-order chi connectivity index (χ1) is 8.45. The highest BCUT2D eigenvalue weighted by Crippen LogP contribution is 2.18. The molecule has 1 amide bonds. The molecule has 0 aliphatic rings. The minimum absolute atomic E-state index is 0.200. The van der Waals surface area contributed by atoms with Gasteiger partial charge in [0.25, 0.3) is 5.91 Å². The van der Waals surface area contributed by atoms with Crippen LogP contribution in [0.25, 0.3) is 0 Å². The van der Waals surface area contributed by atoms with E-state index in [1.807, 2.05) is 0 Å². The fraction of sp³-hybridized carbons (Fsp3) is 0.455. The van der Waals surface area contributed by atoms with Gasteiger partial charge in [0.1, 0.15) is 5.82 Å². The van der Waals surface area contributed by atoms with E-state index < -0.39 is 12.0 Å². The lowest BCUT2D eigenvalue weighted by Crippen LogP contribution is -2.33. The maximum atomic E-state index is 11.3. The maximum absolute atomic E-state index is 11.3. The summed E-state index contributed by atoms with van der Waals surface area (Å²) in [6.45, 7) is 0.469. The quantitative estimate of drug-likeness (QED) is 0.612. The van der Waals surface area contributed by atoms with E-state index in [9.17, 15) is 9.90 Å². The number of amides is 1. The Morgan fingerprint density at radius 1 is 1.67 bits per heavy atom. The van der Waals surface area contributed by atoms with Gasteiger partial charge in [0, 0.05) is 20.7 Å². The highest BCUT2D eigenvalue weighted by molar-refractivity contribution is 5.98. The number of carbonyl (C=O) groups excluding carboxylic acids is 1. The molecule has 7 heteroatoms. The van der Waals surface area contributed by atoms with E-state index in [-0.39, 0.29) is 18.7 Å². The fourth-order valence-corrected chi connectivity index (χ4v) is 1.61. The van der Waals surface area contributed by atoms with Crippen molar-refractivity contribution >= 4 is 17.4 Å². The van der Waals surface area contributed by atoms with Gasteiger partial charge >= 0.3 is 0 Å². The maximum Gasteiger partial charge on any atom is 0.252 e. The van der Waals surface area contributed by atoms with Crippen LogP contribution in [0.15, 0.2) is 12.3 Å². The summed E-state index contributed by atoms with van der Waals surface area (Å²) in [5.41, 5.74) is 11.4. The lowest BCUT2D eigenvalue weighted by molar-refractivity contribution is 0.0693. The van der Waals surface area contributed by atoms with Gasteiger partial charge in [-0.1, -0.05) is 0 Å². The van der Waals surface area contributed by atoms with Crippen LogP contribution in [-0.2, 0) is 4.74 Å². The van der Waals surface area contributed by atoms with E-state index >= 15 is 0 Å². The lowest BCUT2D eigenvalue weighted by atomic mass is 10.2. The van der Waals surface area contributed by atoms with E-state index in [0.717, 1.165) is 0 Å². The number of anilines is 2. The number of nitrogens with two attached hydrogens (primary N) is 2. The number of nitrogens with zero attached hydrogens (tertiary/aromatic N) is 2. The van der Waals surface area contributed by atoms with Gasteiger partial charge in [-0.3, -0.25) is 4.79 Å². The van der Waals surface area contributed by atoms with Crippen LogP contribution in [0.3, 0.4) is 0 Å². The van der Waals surface area contributed by atoms with Gasteiger partial charge in [0.05, 0.1) is 30.2 Å². The molecule has 0 saturated carbocycles. The first kappa shape index (κ1) is 14.2. The number of nitrogen functional groups attached to an aromatic ring is 1. The van der Waals surface area contributed by atoms with E-state index in [1.165, 1.54) is 19.4 Å². The largest absolute Gasteiger partial charge is 0.397 e. The Morgan fingerprint density at radius 3 is 2.89 bits per heavy atom. The van der Waals surface area contributed by atoms with Crippen molar-refractivity contribution in [1.82, 2.24) is 4.98 Å². The number of carbonyl (C=O) groups is 1. The summed E-state index contributed by atoms with van der Waals surface area (Å²) in [4.78, 5) is 17.0. The zero-order valence-corrected chi connectivity index (χ0v) is 10.5. The zero-order chi connectivity index (χ0) is 13.7. The van der Waals surface area contributed by atoms with E-state index in [4.69, 9.17) is 16.2 Å². The third-order valence-corrected chi connectivity index (χ3v) is 2.36. The van der Waals surface area contributed by atoms with Gasteiger partial charge in [-0.25, -0.2) is 4.98 Å². The number of ether oxygens (including phenoxy) is 1. The van der Waals surface area contributed by atoms with Crippen LogP contribution in [-0.4, -0.2) is 49.4 Å². The Balaban J connectivity index is 2.91. The molecular weight excluding hydrogens is 236 g/mol. The number of hydrogen-bond acceptors (Lipinski definition) is 6. The predicted octanol–water partition coefficient (Wildman–Crippen LogP) is -0.794. The standard InChI is InChI=1S/C11H18N4O3/c1-15(5-8(16)6-18-2)11-9(10(13)17)3-7(12)4-14-11/h3-4,8,16H,5-6,12H2,1-2H3,(H2,13,17). The van der Waals surface area contributed by atoms with E-state index in [1.54, 1.807) is 11.9 Å². The molecule has 0 aliphatic carbocycles. The minimum Gasteiger partial charge on any atom is -0.397 e. The normalized spacial score (nSPS) is 12.2. The van der Waals surface area contributed by atoms with Crippen LogP contribution in [0.2, 0.25) is 0 Å². The van der Waals surface area contributed by atoms with Crippen molar-refractivity contribution in [2.45, 2.75) is 6.10 Å². The minimum atomic E-state index is -0.680. The molecule has 1 unspecified atom stereocenters. The second kappa shape index (κ2) is 6.18. The summed E-state index contributed by atoms with van der Waals surface area (Å²) >= 11 is 0. The molecule has 0 aliphatic heterocycles. The van der Waals surface area contributed by atoms with Gasteiger partial charge in [-0.2, -0.15) is 0 Å². The number of aromatic nitrogens is 1. The molecule has 1 heterocycles. The average molecular weight is 254 g/mol. The van der Waals surface area contributed by atoms with Gasteiger partial charge in [0.15, 0.2) is 0 Å². The van der Waals surface area contributed by atoms with Gasteiger partial charge in [-0.05, 0) is 6.07 Å². The molecule has 18 heavy (non-hydrogen) atoms.